The molecule has 1 N–H and O–H groups in total. The van der Waals surface area contributed by atoms with Crippen LogP contribution in [0.15, 0.2) is 12.1 Å². The van der Waals surface area contributed by atoms with E-state index in [1.54, 1.807) is 0 Å². The summed E-state index contributed by atoms with van der Waals surface area (Å²) in [5.41, 5.74) is -0.407. The fraction of sp³-hybridized carbons (Fsp3) is 0.400. The highest BCUT2D eigenvalue weighted by Gasteiger charge is 2.35. The molecule has 0 spiro atoms. The minimum Gasteiger partial charge on any atom is -0.507 e. The van der Waals surface area contributed by atoms with Crippen molar-refractivity contribution in [3.63, 3.8) is 0 Å². The minimum absolute atomic E-state index is 0.228. The molecule has 0 aliphatic carbocycles. The van der Waals surface area contributed by atoms with Gasteiger partial charge in [0.25, 0.3) is 0 Å². The summed E-state index contributed by atoms with van der Waals surface area (Å²) in [6.45, 7) is 0.426. The Morgan fingerprint density at radius 3 is 2.67 bits per heavy atom. The number of hydrogen-bond donors (Lipinski definition) is 1. The van der Waals surface area contributed by atoms with Gasteiger partial charge in [-0.1, -0.05) is 0 Å². The Morgan fingerprint density at radius 1 is 1.27 bits per heavy atom. The van der Waals surface area contributed by atoms with E-state index in [-0.39, 0.29) is 5.75 Å². The second-order valence-corrected chi connectivity index (χ2v) is 3.43. The summed E-state index contributed by atoms with van der Waals surface area (Å²) in [4.78, 5) is 0. The number of aromatic hydroxyl groups is 1. The zero-order chi connectivity index (χ0) is 11.1. The molecule has 0 amide bonds. The van der Waals surface area contributed by atoms with Gasteiger partial charge in [-0.2, -0.15) is 13.2 Å². The molecule has 15 heavy (non-hydrogen) atoms. The van der Waals surface area contributed by atoms with Crippen molar-refractivity contribution in [1.82, 2.24) is 0 Å². The van der Waals surface area contributed by atoms with E-state index in [1.807, 2.05) is 0 Å². The average Bonchev–Trinajstić information content (AvgIpc) is 2.15. The topological polar surface area (TPSA) is 29.5 Å². The lowest BCUT2D eigenvalue weighted by Gasteiger charge is -2.19. The van der Waals surface area contributed by atoms with E-state index in [4.69, 9.17) is 4.74 Å². The molecule has 0 unspecified atom stereocenters. The first-order valence-corrected chi connectivity index (χ1v) is 4.54. The van der Waals surface area contributed by atoms with Gasteiger partial charge in [0.05, 0.1) is 6.61 Å². The molecular weight excluding hydrogens is 209 g/mol. The largest absolute Gasteiger partial charge is 0.507 e. The number of phenolic OH excluding ortho intramolecular Hbond substituents is 1. The highest BCUT2D eigenvalue weighted by atomic mass is 19.4. The third-order valence-electron chi connectivity index (χ3n) is 2.33. The summed E-state index contributed by atoms with van der Waals surface area (Å²) in [6.07, 6.45) is -3.14. The number of hydrogen-bond acceptors (Lipinski definition) is 2. The van der Waals surface area contributed by atoms with Crippen LogP contribution in [0, 0.1) is 0 Å². The van der Waals surface area contributed by atoms with E-state index in [0.717, 1.165) is 18.6 Å². The maximum atomic E-state index is 12.4. The van der Waals surface area contributed by atoms with Crippen LogP contribution in [0.5, 0.6) is 11.5 Å². The van der Waals surface area contributed by atoms with Crippen LogP contribution < -0.4 is 4.74 Å². The van der Waals surface area contributed by atoms with E-state index in [9.17, 15) is 18.3 Å². The van der Waals surface area contributed by atoms with Gasteiger partial charge in [-0.3, -0.25) is 0 Å². The van der Waals surface area contributed by atoms with Crippen LogP contribution in [0.2, 0.25) is 0 Å². The predicted molar refractivity (Wildman–Crippen MR) is 46.9 cm³/mol. The van der Waals surface area contributed by atoms with Crippen molar-refractivity contribution in [2.24, 2.45) is 0 Å². The van der Waals surface area contributed by atoms with Gasteiger partial charge < -0.3 is 9.84 Å². The summed E-state index contributed by atoms with van der Waals surface area (Å²) in [6, 6.07) is 2.00. The molecule has 0 bridgehead atoms. The molecule has 0 saturated carbocycles. The van der Waals surface area contributed by atoms with Crippen LogP contribution in [0.25, 0.3) is 0 Å². The third-order valence-corrected chi connectivity index (χ3v) is 2.33. The third kappa shape index (κ3) is 1.86. The molecule has 1 aromatic carbocycles. The predicted octanol–water partition coefficient (Wildman–Crippen LogP) is 2.74. The molecule has 2 rings (SSSR count). The molecule has 82 valence electrons. The first kappa shape index (κ1) is 10.1. The number of phenols is 1. The van der Waals surface area contributed by atoms with E-state index in [0.29, 0.717) is 18.6 Å². The number of aryl methyl sites for hydroxylation is 1. The zero-order valence-corrected chi connectivity index (χ0v) is 7.77. The first-order valence-electron chi connectivity index (χ1n) is 4.54. The quantitative estimate of drug-likeness (QED) is 0.725. The Balaban J connectivity index is 2.50. The SMILES string of the molecule is Oc1cc2c(cc1C(F)(F)F)OCCC2. The standard InChI is InChI=1S/C10H9F3O2/c11-10(12,13)7-5-9-6(4-8(7)14)2-1-3-15-9/h4-5,14H,1-3H2. The smallest absolute Gasteiger partial charge is 0.420 e. The first-order chi connectivity index (χ1) is 6.98. The van der Waals surface area contributed by atoms with Crippen molar-refractivity contribution in [2.75, 3.05) is 6.61 Å². The van der Waals surface area contributed by atoms with E-state index in [1.165, 1.54) is 0 Å². The Hall–Kier alpha value is -1.39. The number of ether oxygens (including phenoxy) is 1. The van der Waals surface area contributed by atoms with Gasteiger partial charge in [0.2, 0.25) is 0 Å². The molecule has 1 heterocycles. The molecule has 0 saturated heterocycles. The lowest BCUT2D eigenvalue weighted by atomic mass is 10.0. The number of alkyl halides is 3. The number of halogens is 3. The summed E-state index contributed by atoms with van der Waals surface area (Å²) >= 11 is 0. The summed E-state index contributed by atoms with van der Waals surface area (Å²) in [7, 11) is 0. The second-order valence-electron chi connectivity index (χ2n) is 3.43. The molecule has 1 aromatic rings. The maximum absolute atomic E-state index is 12.4. The molecule has 1 aliphatic rings. The Labute approximate surface area is 84.3 Å². The van der Waals surface area contributed by atoms with Crippen molar-refractivity contribution in [1.29, 1.82) is 0 Å². The lowest BCUT2D eigenvalue weighted by Crippen LogP contribution is -2.11. The Kier molecular flexibility index (Phi) is 2.25. The number of fused-ring (bicyclic) bond motifs is 1. The lowest BCUT2D eigenvalue weighted by molar-refractivity contribution is -0.138. The molecule has 0 fully saturated rings. The van der Waals surface area contributed by atoms with Crippen molar-refractivity contribution < 1.29 is 23.0 Å². The van der Waals surface area contributed by atoms with Crippen molar-refractivity contribution in [3.8, 4) is 11.5 Å². The average molecular weight is 218 g/mol. The highest BCUT2D eigenvalue weighted by Crippen LogP contribution is 2.40. The van der Waals surface area contributed by atoms with Crippen molar-refractivity contribution in [2.45, 2.75) is 19.0 Å². The maximum Gasteiger partial charge on any atom is 0.420 e. The van der Waals surface area contributed by atoms with Crippen LogP contribution in [0.1, 0.15) is 17.5 Å². The molecule has 0 radical (unpaired) electrons. The van der Waals surface area contributed by atoms with Crippen LogP contribution in [0.3, 0.4) is 0 Å². The van der Waals surface area contributed by atoms with Gasteiger partial charge in [-0.05, 0) is 30.5 Å². The van der Waals surface area contributed by atoms with Gasteiger partial charge in [-0.25, -0.2) is 0 Å². The van der Waals surface area contributed by atoms with E-state index < -0.39 is 17.5 Å². The molecule has 1 aliphatic heterocycles. The van der Waals surface area contributed by atoms with Crippen LogP contribution in [-0.4, -0.2) is 11.7 Å². The molecule has 5 heteroatoms. The normalized spacial score (nSPS) is 15.7. The molecule has 0 atom stereocenters. The molecule has 0 aromatic heterocycles. The fourth-order valence-electron chi connectivity index (χ4n) is 1.61. The number of rotatable bonds is 0. The van der Waals surface area contributed by atoms with Gasteiger partial charge in [0.1, 0.15) is 17.1 Å². The zero-order valence-electron chi connectivity index (χ0n) is 7.77. The Bertz CT molecular complexity index is 385. The minimum atomic E-state index is -4.54. The summed E-state index contributed by atoms with van der Waals surface area (Å²) < 4.78 is 42.3. The van der Waals surface area contributed by atoms with Crippen LogP contribution in [-0.2, 0) is 12.6 Å². The van der Waals surface area contributed by atoms with Gasteiger partial charge in [0, 0.05) is 0 Å². The van der Waals surface area contributed by atoms with Gasteiger partial charge in [-0.15, -0.1) is 0 Å². The summed E-state index contributed by atoms with van der Waals surface area (Å²) in [5.74, 6) is -0.502. The van der Waals surface area contributed by atoms with E-state index >= 15 is 0 Å². The van der Waals surface area contributed by atoms with E-state index in [2.05, 4.69) is 0 Å². The second kappa shape index (κ2) is 3.32. The summed E-state index contributed by atoms with van der Waals surface area (Å²) in [5, 5.41) is 9.23. The molecular formula is C10H9F3O2. The number of benzene rings is 1. The fourth-order valence-corrected chi connectivity index (χ4v) is 1.61. The van der Waals surface area contributed by atoms with Gasteiger partial charge >= 0.3 is 6.18 Å². The van der Waals surface area contributed by atoms with Crippen LogP contribution >= 0.6 is 0 Å². The van der Waals surface area contributed by atoms with Crippen molar-refractivity contribution >= 4 is 0 Å². The highest BCUT2D eigenvalue weighted by molar-refractivity contribution is 5.47. The monoisotopic (exact) mass is 218 g/mol. The van der Waals surface area contributed by atoms with Gasteiger partial charge in [0.15, 0.2) is 0 Å². The molecule has 2 nitrogen and oxygen atoms in total. The van der Waals surface area contributed by atoms with Crippen LogP contribution in [0.4, 0.5) is 13.2 Å². The Morgan fingerprint density at radius 2 is 2.00 bits per heavy atom. The van der Waals surface area contributed by atoms with Crippen molar-refractivity contribution in [3.05, 3.63) is 23.3 Å².